The second-order valence-corrected chi connectivity index (χ2v) is 4.56. The van der Waals surface area contributed by atoms with Gasteiger partial charge in [0.2, 0.25) is 0 Å². The van der Waals surface area contributed by atoms with E-state index in [1.165, 1.54) is 0 Å². The summed E-state index contributed by atoms with van der Waals surface area (Å²) in [6.45, 7) is 3.06. The monoisotopic (exact) mass is 280 g/mol. The molecule has 3 nitrogen and oxygen atoms in total. The van der Waals surface area contributed by atoms with Crippen LogP contribution in [0.3, 0.4) is 0 Å². The minimum Gasteiger partial charge on any atom is -0.379 e. The Morgan fingerprint density at radius 1 is 1.31 bits per heavy atom. The highest BCUT2D eigenvalue weighted by atomic mass is 79.9. The van der Waals surface area contributed by atoms with Crippen LogP contribution >= 0.6 is 15.9 Å². The van der Waals surface area contributed by atoms with Gasteiger partial charge in [0.1, 0.15) is 6.04 Å². The molecule has 0 radical (unpaired) electrons. The summed E-state index contributed by atoms with van der Waals surface area (Å²) in [5.74, 6) is 0. The molecular formula is C12H13BrN2O. The first-order valence-electron chi connectivity index (χ1n) is 5.29. The molecule has 0 saturated carbocycles. The average molecular weight is 281 g/mol. The summed E-state index contributed by atoms with van der Waals surface area (Å²) in [6.07, 6.45) is 0. The summed E-state index contributed by atoms with van der Waals surface area (Å²) in [6, 6.07) is 10.1. The van der Waals surface area contributed by atoms with E-state index in [0.717, 1.165) is 23.1 Å². The van der Waals surface area contributed by atoms with Crippen LogP contribution in [0.25, 0.3) is 0 Å². The van der Waals surface area contributed by atoms with Gasteiger partial charge < -0.3 is 4.74 Å². The van der Waals surface area contributed by atoms with Crippen molar-refractivity contribution in [1.82, 2.24) is 4.90 Å². The largest absolute Gasteiger partial charge is 0.379 e. The maximum atomic E-state index is 9.30. The van der Waals surface area contributed by atoms with Gasteiger partial charge in [-0.2, -0.15) is 5.26 Å². The summed E-state index contributed by atoms with van der Waals surface area (Å²) >= 11 is 3.50. The van der Waals surface area contributed by atoms with Gasteiger partial charge in [-0.25, -0.2) is 0 Å². The second-order valence-electron chi connectivity index (χ2n) is 3.70. The molecule has 0 N–H and O–H groups in total. The van der Waals surface area contributed by atoms with E-state index in [1.807, 2.05) is 24.3 Å². The number of nitrogens with zero attached hydrogens (tertiary/aromatic N) is 2. The van der Waals surface area contributed by atoms with Crippen molar-refractivity contribution in [1.29, 1.82) is 5.26 Å². The highest BCUT2D eigenvalue weighted by Crippen LogP contribution is 2.27. The fourth-order valence-corrected chi connectivity index (χ4v) is 2.38. The number of halogens is 1. The number of hydrogen-bond donors (Lipinski definition) is 0. The molecule has 0 amide bonds. The maximum absolute atomic E-state index is 9.30. The van der Waals surface area contributed by atoms with Gasteiger partial charge in [-0.05, 0) is 11.6 Å². The molecule has 0 unspecified atom stereocenters. The van der Waals surface area contributed by atoms with Crippen molar-refractivity contribution < 1.29 is 4.74 Å². The van der Waals surface area contributed by atoms with Gasteiger partial charge >= 0.3 is 0 Å². The summed E-state index contributed by atoms with van der Waals surface area (Å²) < 4.78 is 6.29. The zero-order valence-corrected chi connectivity index (χ0v) is 10.5. The molecule has 4 heteroatoms. The summed E-state index contributed by atoms with van der Waals surface area (Å²) in [7, 11) is 0. The number of nitriles is 1. The lowest BCUT2D eigenvalue weighted by molar-refractivity contribution is 0.0265. The minimum absolute atomic E-state index is 0.181. The van der Waals surface area contributed by atoms with Crippen LogP contribution in [0, 0.1) is 11.3 Å². The van der Waals surface area contributed by atoms with E-state index < -0.39 is 0 Å². The molecule has 1 aromatic rings. The van der Waals surface area contributed by atoms with Crippen LogP contribution in [0.5, 0.6) is 0 Å². The third-order valence-electron chi connectivity index (χ3n) is 2.73. The van der Waals surface area contributed by atoms with E-state index in [4.69, 9.17) is 4.74 Å². The molecule has 1 saturated heterocycles. The van der Waals surface area contributed by atoms with E-state index in [0.29, 0.717) is 13.2 Å². The van der Waals surface area contributed by atoms with Crippen LogP contribution in [-0.4, -0.2) is 31.2 Å². The lowest BCUT2D eigenvalue weighted by atomic mass is 10.1. The Labute approximate surface area is 104 Å². The normalized spacial score (nSPS) is 19.0. The topological polar surface area (TPSA) is 36.3 Å². The van der Waals surface area contributed by atoms with Crippen molar-refractivity contribution in [3.05, 3.63) is 34.3 Å². The summed E-state index contributed by atoms with van der Waals surface area (Å²) in [5.41, 5.74) is 1.03. The number of ether oxygens (including phenoxy) is 1. The van der Waals surface area contributed by atoms with Crippen LogP contribution in [0.2, 0.25) is 0 Å². The quantitative estimate of drug-likeness (QED) is 0.835. The molecule has 1 atom stereocenters. The first-order valence-corrected chi connectivity index (χ1v) is 6.08. The molecule has 1 heterocycles. The molecule has 0 aromatic heterocycles. The lowest BCUT2D eigenvalue weighted by Crippen LogP contribution is -2.38. The van der Waals surface area contributed by atoms with Crippen molar-refractivity contribution in [3.8, 4) is 6.07 Å². The third kappa shape index (κ3) is 2.43. The Hall–Kier alpha value is -0.890. The van der Waals surface area contributed by atoms with Gasteiger partial charge in [0.05, 0.1) is 19.3 Å². The van der Waals surface area contributed by atoms with Gasteiger partial charge in [-0.1, -0.05) is 34.1 Å². The number of hydrogen-bond acceptors (Lipinski definition) is 3. The van der Waals surface area contributed by atoms with Gasteiger partial charge in [0.15, 0.2) is 0 Å². The Morgan fingerprint density at radius 2 is 2.00 bits per heavy atom. The Balaban J connectivity index is 2.22. The maximum Gasteiger partial charge on any atom is 0.125 e. The van der Waals surface area contributed by atoms with E-state index in [2.05, 4.69) is 26.9 Å². The molecule has 1 aromatic carbocycles. The second kappa shape index (κ2) is 5.44. The van der Waals surface area contributed by atoms with Gasteiger partial charge in [0.25, 0.3) is 0 Å². The number of benzene rings is 1. The zero-order valence-electron chi connectivity index (χ0n) is 8.90. The van der Waals surface area contributed by atoms with Crippen LogP contribution in [0.15, 0.2) is 28.7 Å². The van der Waals surface area contributed by atoms with Crippen LogP contribution < -0.4 is 0 Å². The van der Waals surface area contributed by atoms with Crippen LogP contribution in [-0.2, 0) is 4.74 Å². The first-order chi connectivity index (χ1) is 7.83. The molecule has 1 fully saturated rings. The molecule has 84 valence electrons. The smallest absolute Gasteiger partial charge is 0.125 e. The molecule has 2 rings (SSSR count). The first kappa shape index (κ1) is 11.6. The molecular weight excluding hydrogens is 268 g/mol. The Kier molecular flexibility index (Phi) is 3.94. The van der Waals surface area contributed by atoms with Crippen molar-refractivity contribution in [3.63, 3.8) is 0 Å². The number of rotatable bonds is 2. The van der Waals surface area contributed by atoms with E-state index in [1.54, 1.807) is 0 Å². The lowest BCUT2D eigenvalue weighted by Gasteiger charge is -2.31. The third-order valence-corrected chi connectivity index (χ3v) is 3.46. The van der Waals surface area contributed by atoms with Gasteiger partial charge in [-0.15, -0.1) is 0 Å². The average Bonchev–Trinajstić information content (AvgIpc) is 2.34. The molecule has 1 aliphatic heterocycles. The van der Waals surface area contributed by atoms with Gasteiger partial charge in [0, 0.05) is 17.6 Å². The van der Waals surface area contributed by atoms with E-state index in [-0.39, 0.29) is 6.04 Å². The fourth-order valence-electron chi connectivity index (χ4n) is 1.88. The van der Waals surface area contributed by atoms with Crippen molar-refractivity contribution in [2.45, 2.75) is 6.04 Å². The predicted molar refractivity (Wildman–Crippen MR) is 64.9 cm³/mol. The fraction of sp³-hybridized carbons (Fsp3) is 0.417. The molecule has 0 spiro atoms. The van der Waals surface area contributed by atoms with E-state index >= 15 is 0 Å². The molecule has 0 bridgehead atoms. The summed E-state index contributed by atoms with van der Waals surface area (Å²) in [4.78, 5) is 2.16. The Morgan fingerprint density at radius 3 is 2.62 bits per heavy atom. The molecule has 0 aliphatic carbocycles. The highest BCUT2D eigenvalue weighted by Gasteiger charge is 2.23. The van der Waals surface area contributed by atoms with Crippen LogP contribution in [0.4, 0.5) is 0 Å². The van der Waals surface area contributed by atoms with Crippen molar-refractivity contribution in [2.24, 2.45) is 0 Å². The van der Waals surface area contributed by atoms with Gasteiger partial charge in [-0.3, -0.25) is 4.90 Å². The Bertz CT molecular complexity index is 396. The van der Waals surface area contributed by atoms with Crippen molar-refractivity contribution >= 4 is 15.9 Å². The predicted octanol–water partition coefficient (Wildman–Crippen LogP) is 2.35. The zero-order chi connectivity index (χ0) is 11.4. The van der Waals surface area contributed by atoms with Crippen LogP contribution in [0.1, 0.15) is 11.6 Å². The highest BCUT2D eigenvalue weighted by molar-refractivity contribution is 9.10. The minimum atomic E-state index is -0.181. The van der Waals surface area contributed by atoms with Crippen molar-refractivity contribution in [2.75, 3.05) is 26.3 Å². The molecule has 1 aliphatic rings. The summed E-state index contributed by atoms with van der Waals surface area (Å²) in [5, 5.41) is 9.30. The number of morpholine rings is 1. The standard InChI is InChI=1S/C12H13BrN2O/c13-11-4-2-1-3-10(11)12(9-14)15-5-7-16-8-6-15/h1-4,12H,5-8H2/t12-/m0/s1. The van der Waals surface area contributed by atoms with E-state index in [9.17, 15) is 5.26 Å². The SMILES string of the molecule is N#C[C@@H](c1ccccc1Br)N1CCOCC1. The molecule has 16 heavy (non-hydrogen) atoms.